The molecule has 2 aliphatic heterocycles. The first-order chi connectivity index (χ1) is 23.3. The maximum absolute atomic E-state index is 13.4. The molecule has 2 aromatic heterocycles. The molecule has 48 heavy (non-hydrogen) atoms. The van der Waals surface area contributed by atoms with Crippen LogP contribution in [0.2, 0.25) is 0 Å². The second-order valence-corrected chi connectivity index (χ2v) is 10.8. The van der Waals surface area contributed by atoms with E-state index in [1.807, 2.05) is 0 Å². The van der Waals surface area contributed by atoms with Gasteiger partial charge in [0.05, 0.1) is 28.9 Å². The molecule has 8 rings (SSSR count). The number of benzene rings is 4. The molecule has 0 fully saturated rings. The van der Waals surface area contributed by atoms with Gasteiger partial charge in [-0.25, -0.2) is 0 Å². The van der Waals surface area contributed by atoms with Crippen LogP contribution < -0.4 is 9.80 Å². The fourth-order valence-corrected chi connectivity index (χ4v) is 5.49. The lowest BCUT2D eigenvalue weighted by atomic mass is 9.97. The number of carbonyl (C=O) groups is 5. The van der Waals surface area contributed by atoms with Gasteiger partial charge in [-0.2, -0.15) is 9.80 Å². The lowest BCUT2D eigenvalue weighted by Gasteiger charge is -2.07. The zero-order valence-electron chi connectivity index (χ0n) is 24.4. The number of hydrogen-bond acceptors (Lipinski definition) is 12. The summed E-state index contributed by atoms with van der Waals surface area (Å²) >= 11 is 0. The van der Waals surface area contributed by atoms with Gasteiger partial charge in [0.25, 0.3) is 23.6 Å². The average Bonchev–Trinajstić information content (AvgIpc) is 3.91. The first-order valence-electron chi connectivity index (χ1n) is 14.3. The third kappa shape index (κ3) is 4.43. The van der Waals surface area contributed by atoms with E-state index in [1.165, 1.54) is 24.3 Å². The molecular weight excluding hydrogens is 620 g/mol. The van der Waals surface area contributed by atoms with Crippen LogP contribution in [0.3, 0.4) is 0 Å². The number of nitrogens with zero attached hydrogens (tertiary/aromatic N) is 6. The van der Waals surface area contributed by atoms with Crippen molar-refractivity contribution >= 4 is 41.9 Å². The van der Waals surface area contributed by atoms with Crippen LogP contribution >= 0.6 is 0 Å². The molecule has 4 amide bonds. The highest BCUT2D eigenvalue weighted by Gasteiger charge is 2.42. The number of aliphatic hydroxyl groups is 1. The number of amides is 4. The molecule has 0 radical (unpaired) electrons. The monoisotopic (exact) mass is 638 g/mol. The van der Waals surface area contributed by atoms with Crippen LogP contribution in [-0.4, -0.2) is 55.4 Å². The van der Waals surface area contributed by atoms with Gasteiger partial charge in [-0.3, -0.25) is 24.0 Å². The number of fused-ring (bicyclic) bond motifs is 2. The van der Waals surface area contributed by atoms with E-state index < -0.39 is 23.6 Å². The highest BCUT2D eigenvalue weighted by atomic mass is 16.4. The maximum Gasteiger partial charge on any atom is 0.332 e. The zero-order valence-corrected chi connectivity index (χ0v) is 24.4. The molecule has 232 valence electrons. The number of aldehydes is 1. The summed E-state index contributed by atoms with van der Waals surface area (Å²) in [5.41, 5.74) is 3.61. The van der Waals surface area contributed by atoms with Gasteiger partial charge < -0.3 is 13.9 Å². The third-order valence-corrected chi connectivity index (χ3v) is 7.99. The van der Waals surface area contributed by atoms with Crippen LogP contribution in [0, 0.1) is 0 Å². The highest BCUT2D eigenvalue weighted by molar-refractivity contribution is 6.35. The fraction of sp³-hybridized carbons (Fsp3) is 0.0294. The van der Waals surface area contributed by atoms with Gasteiger partial charge in [-0.1, -0.05) is 46.6 Å². The standard InChI is InChI=1S/C34H18N6O8/c41-15-17-1-5-19(6-2-17)27-35-37-33(47-27)39-29(43)23-11-9-21(13-25(23)31(39)45)22-10-12-24-26(14-22)32(46)40(30(24)44)34-38-36-28(48-34)20-7-3-18(16-42)4-8-20/h1-15,42H,16H2. The number of carbonyl (C=O) groups excluding carboxylic acids is 5. The van der Waals surface area contributed by atoms with Crippen LogP contribution in [-0.2, 0) is 6.61 Å². The Hall–Kier alpha value is -6.93. The van der Waals surface area contributed by atoms with E-state index in [0.717, 1.165) is 9.80 Å². The fourth-order valence-electron chi connectivity index (χ4n) is 5.49. The van der Waals surface area contributed by atoms with E-state index >= 15 is 0 Å². The van der Waals surface area contributed by atoms with Crippen LogP contribution in [0.4, 0.5) is 12.0 Å². The molecule has 0 saturated heterocycles. The molecule has 6 aromatic rings. The SMILES string of the molecule is O=Cc1ccc(-c2nnc(N3C(=O)c4ccc(-c5ccc6c(c5)C(=O)N(c5nnc(-c7ccc(CO)cc7)o5)C6=O)cc4C3=O)o2)cc1. The molecule has 2 aliphatic rings. The summed E-state index contributed by atoms with van der Waals surface area (Å²) in [6.45, 7) is -0.132. The van der Waals surface area contributed by atoms with Crippen molar-refractivity contribution in [2.24, 2.45) is 0 Å². The number of aliphatic hydroxyl groups excluding tert-OH is 1. The Labute approximate surface area is 268 Å². The number of hydrogen-bond donors (Lipinski definition) is 1. The first kappa shape index (κ1) is 28.5. The van der Waals surface area contributed by atoms with Crippen molar-refractivity contribution in [2.45, 2.75) is 6.61 Å². The Kier molecular flexibility index (Phi) is 6.45. The van der Waals surface area contributed by atoms with Crippen LogP contribution in [0.1, 0.15) is 57.4 Å². The average molecular weight is 639 g/mol. The zero-order chi connectivity index (χ0) is 33.1. The molecule has 14 nitrogen and oxygen atoms in total. The molecule has 1 N–H and O–H groups in total. The molecule has 0 saturated carbocycles. The summed E-state index contributed by atoms with van der Waals surface area (Å²) in [5, 5.41) is 25.0. The van der Waals surface area contributed by atoms with Crippen LogP contribution in [0.25, 0.3) is 34.0 Å². The van der Waals surface area contributed by atoms with Crippen molar-refractivity contribution in [1.29, 1.82) is 0 Å². The molecule has 0 unspecified atom stereocenters. The molecule has 4 aromatic carbocycles. The predicted molar refractivity (Wildman–Crippen MR) is 165 cm³/mol. The lowest BCUT2D eigenvalue weighted by molar-refractivity contribution is 0.0902. The Morgan fingerprint density at radius 3 is 1.40 bits per heavy atom. The normalized spacial score (nSPS) is 13.8. The van der Waals surface area contributed by atoms with E-state index in [1.54, 1.807) is 60.7 Å². The van der Waals surface area contributed by atoms with E-state index in [-0.39, 0.29) is 52.7 Å². The van der Waals surface area contributed by atoms with E-state index in [2.05, 4.69) is 20.4 Å². The van der Waals surface area contributed by atoms with E-state index in [4.69, 9.17) is 8.83 Å². The molecule has 4 heterocycles. The van der Waals surface area contributed by atoms with Crippen LogP contribution in [0.15, 0.2) is 93.8 Å². The number of rotatable bonds is 7. The quantitative estimate of drug-likeness (QED) is 0.192. The molecule has 0 aliphatic carbocycles. The minimum Gasteiger partial charge on any atom is -0.403 e. The molecule has 0 bridgehead atoms. The highest BCUT2D eigenvalue weighted by Crippen LogP contribution is 2.35. The van der Waals surface area contributed by atoms with Crippen molar-refractivity contribution in [3.63, 3.8) is 0 Å². The minimum atomic E-state index is -0.680. The van der Waals surface area contributed by atoms with Gasteiger partial charge in [-0.15, -0.1) is 10.2 Å². The molecule has 14 heteroatoms. The van der Waals surface area contributed by atoms with Gasteiger partial charge >= 0.3 is 12.0 Å². The van der Waals surface area contributed by atoms with Crippen molar-refractivity contribution in [1.82, 2.24) is 20.4 Å². The van der Waals surface area contributed by atoms with Crippen molar-refractivity contribution in [3.8, 4) is 34.0 Å². The summed E-state index contributed by atoms with van der Waals surface area (Å²) in [6, 6.07) is 21.7. The van der Waals surface area contributed by atoms with Crippen molar-refractivity contribution in [3.05, 3.63) is 118 Å². The van der Waals surface area contributed by atoms with Gasteiger partial charge in [0, 0.05) is 16.7 Å². The van der Waals surface area contributed by atoms with E-state index in [9.17, 15) is 29.1 Å². The second kappa shape index (κ2) is 10.9. The Morgan fingerprint density at radius 2 is 0.958 bits per heavy atom. The van der Waals surface area contributed by atoms with Gasteiger partial charge in [0.15, 0.2) is 0 Å². The van der Waals surface area contributed by atoms with Crippen molar-refractivity contribution in [2.75, 3.05) is 9.80 Å². The largest absolute Gasteiger partial charge is 0.403 e. The third-order valence-electron chi connectivity index (χ3n) is 7.99. The minimum absolute atomic E-state index is 0.0551. The molecular formula is C34H18N6O8. The van der Waals surface area contributed by atoms with Crippen LogP contribution in [0.5, 0.6) is 0 Å². The number of imide groups is 2. The Balaban J connectivity index is 1.05. The topological polar surface area (TPSA) is 190 Å². The van der Waals surface area contributed by atoms with Crippen molar-refractivity contribution < 1.29 is 37.9 Å². The van der Waals surface area contributed by atoms with Gasteiger partial charge in [0.2, 0.25) is 11.8 Å². The summed E-state index contributed by atoms with van der Waals surface area (Å²) in [4.78, 5) is 65.9. The lowest BCUT2D eigenvalue weighted by Crippen LogP contribution is -2.29. The summed E-state index contributed by atoms with van der Waals surface area (Å²) in [7, 11) is 0. The predicted octanol–water partition coefficient (Wildman–Crippen LogP) is 4.36. The molecule has 0 atom stereocenters. The number of aromatic nitrogens is 4. The smallest absolute Gasteiger partial charge is 0.332 e. The summed E-state index contributed by atoms with van der Waals surface area (Å²) in [5.74, 6) is -2.50. The van der Waals surface area contributed by atoms with Gasteiger partial charge in [0.1, 0.15) is 6.29 Å². The van der Waals surface area contributed by atoms with E-state index in [0.29, 0.717) is 39.7 Å². The summed E-state index contributed by atoms with van der Waals surface area (Å²) < 4.78 is 11.3. The van der Waals surface area contributed by atoms with Gasteiger partial charge in [-0.05, 0) is 65.2 Å². The Bertz CT molecular complexity index is 2340. The molecule has 0 spiro atoms. The second-order valence-electron chi connectivity index (χ2n) is 10.8. The Morgan fingerprint density at radius 1 is 0.542 bits per heavy atom. The first-order valence-corrected chi connectivity index (χ1v) is 14.3. The summed E-state index contributed by atoms with van der Waals surface area (Å²) in [6.07, 6.45) is 0.693. The maximum atomic E-state index is 13.4. The number of anilines is 2.